The van der Waals surface area contributed by atoms with Gasteiger partial charge in [-0.25, -0.2) is 4.79 Å². The Morgan fingerprint density at radius 3 is 2.48 bits per heavy atom. The fourth-order valence-corrected chi connectivity index (χ4v) is 2.88. The van der Waals surface area contributed by atoms with Crippen LogP contribution in [0.1, 0.15) is 6.92 Å². The third-order valence-electron chi connectivity index (χ3n) is 4.34. The van der Waals surface area contributed by atoms with Gasteiger partial charge in [0.1, 0.15) is 17.9 Å². The lowest BCUT2D eigenvalue weighted by molar-refractivity contribution is -0.137. The second kappa shape index (κ2) is 9.57. The van der Waals surface area contributed by atoms with Crippen molar-refractivity contribution in [2.75, 3.05) is 13.1 Å². The topological polar surface area (TPSA) is 135 Å². The highest BCUT2D eigenvalue weighted by Gasteiger charge is 2.17. The number of carbonyl (C=O) groups excluding carboxylic acids is 2. The van der Waals surface area contributed by atoms with E-state index in [1.807, 2.05) is 30.3 Å². The molecule has 9 nitrogen and oxygen atoms in total. The summed E-state index contributed by atoms with van der Waals surface area (Å²) in [5.74, 6) is -2.08. The first-order valence-corrected chi connectivity index (χ1v) is 9.39. The van der Waals surface area contributed by atoms with Crippen molar-refractivity contribution >= 4 is 28.8 Å². The largest absolute Gasteiger partial charge is 0.481 e. The van der Waals surface area contributed by atoms with Crippen LogP contribution in [0.4, 0.5) is 0 Å². The molecule has 9 heteroatoms. The van der Waals surface area contributed by atoms with Gasteiger partial charge in [-0.1, -0.05) is 30.3 Å². The number of nitrogens with one attached hydrogen (secondary N) is 2. The van der Waals surface area contributed by atoms with E-state index in [9.17, 15) is 19.2 Å². The van der Waals surface area contributed by atoms with Crippen LogP contribution in [0.5, 0.6) is 5.75 Å². The Labute approximate surface area is 176 Å². The number of amides is 2. The quantitative estimate of drug-likeness (QED) is 0.467. The Morgan fingerprint density at radius 2 is 1.77 bits per heavy atom. The second-order valence-corrected chi connectivity index (χ2v) is 6.65. The molecule has 31 heavy (non-hydrogen) atoms. The monoisotopic (exact) mass is 424 g/mol. The van der Waals surface area contributed by atoms with Crippen molar-refractivity contribution in [2.45, 2.75) is 13.0 Å². The molecule has 2 aromatic carbocycles. The number of hydrogen-bond donors (Lipinski definition) is 3. The van der Waals surface area contributed by atoms with Crippen molar-refractivity contribution in [2.24, 2.45) is 0 Å². The van der Waals surface area contributed by atoms with Crippen LogP contribution < -0.4 is 21.0 Å². The molecule has 0 saturated heterocycles. The summed E-state index contributed by atoms with van der Waals surface area (Å²) >= 11 is 0. The van der Waals surface area contributed by atoms with Gasteiger partial charge in [0.2, 0.25) is 5.91 Å². The highest BCUT2D eigenvalue weighted by molar-refractivity contribution is 5.94. The van der Waals surface area contributed by atoms with Crippen LogP contribution in [0, 0.1) is 0 Å². The van der Waals surface area contributed by atoms with Gasteiger partial charge in [-0.15, -0.1) is 0 Å². The predicted octanol–water partition coefficient (Wildman–Crippen LogP) is 1.54. The molecule has 0 radical (unpaired) electrons. The van der Waals surface area contributed by atoms with Crippen molar-refractivity contribution in [1.29, 1.82) is 0 Å². The second-order valence-electron chi connectivity index (χ2n) is 6.65. The van der Waals surface area contributed by atoms with Crippen LogP contribution in [0.25, 0.3) is 22.1 Å². The molecule has 1 atom stereocenters. The van der Waals surface area contributed by atoms with Gasteiger partial charge in [0.25, 0.3) is 5.91 Å². The molecule has 3 rings (SSSR count). The first-order valence-electron chi connectivity index (χ1n) is 9.39. The van der Waals surface area contributed by atoms with Crippen molar-refractivity contribution < 1.29 is 28.6 Å². The molecule has 160 valence electrons. The zero-order valence-electron chi connectivity index (χ0n) is 16.6. The standard InChI is InChI=1S/C22H20N2O7/c1-13(22(29)24-11-19(25)23-12-20(26)27)30-15-7-8-16-17(14-5-3-2-4-6-14)10-21(28)31-18(16)9-15/h2-10,13H,11-12H2,1H3,(H,23,25)(H,24,29)(H,26,27)/t13-/m1/s1. The van der Waals surface area contributed by atoms with Gasteiger partial charge in [-0.05, 0) is 30.2 Å². The van der Waals surface area contributed by atoms with Crippen LogP contribution in [0.3, 0.4) is 0 Å². The number of carboxylic acids is 1. The molecule has 0 aliphatic carbocycles. The maximum atomic E-state index is 12.1. The fraction of sp³-hybridized carbons (Fsp3) is 0.182. The molecule has 3 aromatic rings. The zero-order valence-corrected chi connectivity index (χ0v) is 16.6. The van der Waals surface area contributed by atoms with Crippen LogP contribution in [-0.4, -0.2) is 42.1 Å². The Hall–Kier alpha value is -4.14. The summed E-state index contributed by atoms with van der Waals surface area (Å²) in [7, 11) is 0. The van der Waals surface area contributed by atoms with E-state index in [-0.39, 0.29) is 6.54 Å². The van der Waals surface area contributed by atoms with Crippen molar-refractivity contribution in [3.63, 3.8) is 0 Å². The number of aliphatic carboxylic acids is 1. The minimum atomic E-state index is -1.19. The van der Waals surface area contributed by atoms with Crippen molar-refractivity contribution in [3.8, 4) is 16.9 Å². The molecule has 0 saturated carbocycles. The van der Waals surface area contributed by atoms with Gasteiger partial charge in [0.05, 0.1) is 6.54 Å². The fourth-order valence-electron chi connectivity index (χ4n) is 2.88. The summed E-state index contributed by atoms with van der Waals surface area (Å²) in [5, 5.41) is 13.7. The molecule has 0 spiro atoms. The normalized spacial score (nSPS) is 11.5. The molecule has 2 amide bonds. The van der Waals surface area contributed by atoms with E-state index in [1.54, 1.807) is 12.1 Å². The van der Waals surface area contributed by atoms with Crippen molar-refractivity contribution in [1.82, 2.24) is 10.6 Å². The third kappa shape index (κ3) is 5.69. The lowest BCUT2D eigenvalue weighted by Crippen LogP contribution is -2.43. The first-order chi connectivity index (χ1) is 14.8. The molecule has 0 fully saturated rings. The smallest absolute Gasteiger partial charge is 0.336 e. The number of carbonyl (C=O) groups is 3. The summed E-state index contributed by atoms with van der Waals surface area (Å²) in [6.45, 7) is 0.576. The number of benzene rings is 2. The highest BCUT2D eigenvalue weighted by Crippen LogP contribution is 2.29. The minimum absolute atomic E-state index is 0.304. The zero-order chi connectivity index (χ0) is 22.4. The van der Waals surface area contributed by atoms with Gasteiger partial charge >= 0.3 is 11.6 Å². The number of hydrogen-bond acceptors (Lipinski definition) is 6. The number of ether oxygens (including phenoxy) is 1. The Kier molecular flexibility index (Phi) is 6.66. The van der Waals surface area contributed by atoms with E-state index < -0.39 is 36.1 Å². The maximum absolute atomic E-state index is 12.1. The van der Waals surface area contributed by atoms with E-state index in [2.05, 4.69) is 10.6 Å². The average molecular weight is 424 g/mol. The van der Waals surface area contributed by atoms with Crippen LogP contribution >= 0.6 is 0 Å². The van der Waals surface area contributed by atoms with Gasteiger partial charge in [0.15, 0.2) is 6.10 Å². The van der Waals surface area contributed by atoms with E-state index in [4.69, 9.17) is 14.3 Å². The molecule has 3 N–H and O–H groups in total. The molecular formula is C22H20N2O7. The summed E-state index contributed by atoms with van der Waals surface area (Å²) in [5.41, 5.74) is 1.38. The molecule has 1 heterocycles. The van der Waals surface area contributed by atoms with E-state index in [1.165, 1.54) is 19.1 Å². The molecule has 0 bridgehead atoms. The van der Waals surface area contributed by atoms with E-state index in [0.717, 1.165) is 11.1 Å². The Morgan fingerprint density at radius 1 is 1.03 bits per heavy atom. The predicted molar refractivity (Wildman–Crippen MR) is 112 cm³/mol. The number of fused-ring (bicyclic) bond motifs is 1. The number of carboxylic acid groups (broad SMARTS) is 1. The van der Waals surface area contributed by atoms with Crippen LogP contribution in [0.2, 0.25) is 0 Å². The van der Waals surface area contributed by atoms with E-state index >= 15 is 0 Å². The first kappa shape index (κ1) is 21.6. The van der Waals surface area contributed by atoms with E-state index in [0.29, 0.717) is 16.7 Å². The van der Waals surface area contributed by atoms with Crippen LogP contribution in [0.15, 0.2) is 63.8 Å². The summed E-state index contributed by atoms with van der Waals surface area (Å²) in [4.78, 5) is 46.1. The average Bonchev–Trinajstić information content (AvgIpc) is 2.75. The molecule has 1 aromatic heterocycles. The molecule has 0 aliphatic heterocycles. The SMILES string of the molecule is C[C@@H](Oc1ccc2c(-c3ccccc3)cc(=O)oc2c1)C(=O)NCC(=O)NCC(=O)O. The molecule has 0 aliphatic rings. The van der Waals surface area contributed by atoms with Gasteiger partial charge in [0, 0.05) is 17.5 Å². The summed E-state index contributed by atoms with van der Waals surface area (Å²) < 4.78 is 10.9. The summed E-state index contributed by atoms with van der Waals surface area (Å²) in [6.07, 6.45) is -0.950. The lowest BCUT2D eigenvalue weighted by atomic mass is 10.0. The minimum Gasteiger partial charge on any atom is -0.481 e. The molecule has 0 unspecified atom stereocenters. The maximum Gasteiger partial charge on any atom is 0.336 e. The Bertz CT molecular complexity index is 1170. The summed E-state index contributed by atoms with van der Waals surface area (Å²) in [6, 6.07) is 15.7. The number of rotatable bonds is 8. The molecular weight excluding hydrogens is 404 g/mol. The highest BCUT2D eigenvalue weighted by atomic mass is 16.5. The van der Waals surface area contributed by atoms with Gasteiger partial charge < -0.3 is 24.9 Å². The van der Waals surface area contributed by atoms with Gasteiger partial charge in [-0.2, -0.15) is 0 Å². The third-order valence-corrected chi connectivity index (χ3v) is 4.34. The van der Waals surface area contributed by atoms with Crippen LogP contribution in [-0.2, 0) is 14.4 Å². The Balaban J connectivity index is 1.71. The van der Waals surface area contributed by atoms with Crippen molar-refractivity contribution in [3.05, 3.63) is 65.0 Å². The lowest BCUT2D eigenvalue weighted by Gasteiger charge is -2.15. The van der Waals surface area contributed by atoms with Gasteiger partial charge in [-0.3, -0.25) is 14.4 Å².